The van der Waals surface area contributed by atoms with E-state index in [1.54, 1.807) is 0 Å². The minimum atomic E-state index is -4.03. The maximum Gasteiger partial charge on any atom is 0.243 e. The molecule has 0 amide bonds. The fourth-order valence-electron chi connectivity index (χ4n) is 2.71. The van der Waals surface area contributed by atoms with Gasteiger partial charge < -0.3 is 5.32 Å². The van der Waals surface area contributed by atoms with Gasteiger partial charge >= 0.3 is 0 Å². The minimum absolute atomic E-state index is 0. The van der Waals surface area contributed by atoms with Gasteiger partial charge in [-0.05, 0) is 25.0 Å². The molecule has 1 aliphatic carbocycles. The molecule has 2 N–H and O–H groups in total. The Morgan fingerprint density at radius 1 is 1.04 bits per heavy atom. The molecule has 0 unspecified atom stereocenters. The summed E-state index contributed by atoms with van der Waals surface area (Å²) in [5.41, 5.74) is 0. The number of hydrogen-bond donors (Lipinski definition) is 2. The largest absolute Gasteiger partial charge is 0.313 e. The van der Waals surface area contributed by atoms with E-state index < -0.39 is 26.6 Å². The molecule has 1 aliphatic rings. The molecule has 0 atom stereocenters. The SMILES string of the molecule is Cl.O=S(=O)(NCCNC1CCCCCC1)c1cccc(F)c1F. The number of benzene rings is 1. The van der Waals surface area contributed by atoms with Crippen LogP contribution in [-0.2, 0) is 10.0 Å². The lowest BCUT2D eigenvalue weighted by Gasteiger charge is -2.16. The molecule has 2 rings (SSSR count). The Kier molecular flexibility index (Phi) is 8.39. The highest BCUT2D eigenvalue weighted by Crippen LogP contribution is 2.17. The summed E-state index contributed by atoms with van der Waals surface area (Å²) in [5.74, 6) is -2.51. The van der Waals surface area contributed by atoms with Gasteiger partial charge in [0.05, 0.1) is 0 Å². The molecule has 0 spiro atoms. The molecular formula is C15H23ClF2N2O2S. The van der Waals surface area contributed by atoms with Crippen molar-refractivity contribution in [2.45, 2.75) is 49.5 Å². The Bertz CT molecular complexity index is 591. The van der Waals surface area contributed by atoms with Crippen molar-refractivity contribution in [2.24, 2.45) is 0 Å². The summed E-state index contributed by atoms with van der Waals surface area (Å²) in [4.78, 5) is -0.651. The van der Waals surface area contributed by atoms with Crippen LogP contribution >= 0.6 is 12.4 Å². The van der Waals surface area contributed by atoms with Crippen molar-refractivity contribution in [1.29, 1.82) is 0 Å². The molecule has 1 aromatic rings. The van der Waals surface area contributed by atoms with Gasteiger partial charge in [-0.1, -0.05) is 31.7 Å². The first-order valence-corrected chi connectivity index (χ1v) is 9.16. The lowest BCUT2D eigenvalue weighted by molar-refractivity contribution is 0.460. The van der Waals surface area contributed by atoms with Crippen LogP contribution < -0.4 is 10.0 Å². The molecule has 1 saturated carbocycles. The van der Waals surface area contributed by atoms with Gasteiger partial charge in [0.15, 0.2) is 11.6 Å². The second-order valence-electron chi connectivity index (χ2n) is 5.59. The van der Waals surface area contributed by atoms with Gasteiger partial charge in [-0.3, -0.25) is 0 Å². The Balaban J connectivity index is 0.00000264. The van der Waals surface area contributed by atoms with Crippen molar-refractivity contribution in [3.63, 3.8) is 0 Å². The van der Waals surface area contributed by atoms with Gasteiger partial charge in [0.25, 0.3) is 0 Å². The Hall–Kier alpha value is -0.760. The molecule has 1 fully saturated rings. The number of rotatable bonds is 6. The van der Waals surface area contributed by atoms with Crippen molar-refractivity contribution in [3.8, 4) is 0 Å². The quantitative estimate of drug-likeness (QED) is 0.599. The fraction of sp³-hybridized carbons (Fsp3) is 0.600. The van der Waals surface area contributed by atoms with Crippen LogP contribution in [0, 0.1) is 11.6 Å². The van der Waals surface area contributed by atoms with E-state index >= 15 is 0 Å². The normalized spacial score (nSPS) is 16.6. The number of halogens is 3. The monoisotopic (exact) mass is 368 g/mol. The zero-order valence-corrected chi connectivity index (χ0v) is 14.5. The third-order valence-corrected chi connectivity index (χ3v) is 5.39. The molecule has 0 aliphatic heterocycles. The Labute approximate surface area is 142 Å². The van der Waals surface area contributed by atoms with Gasteiger partial charge in [-0.2, -0.15) is 0 Å². The van der Waals surface area contributed by atoms with Crippen molar-refractivity contribution >= 4 is 22.4 Å². The van der Waals surface area contributed by atoms with Gasteiger partial charge in [-0.15, -0.1) is 12.4 Å². The number of nitrogens with one attached hydrogen (secondary N) is 2. The Morgan fingerprint density at radius 2 is 1.70 bits per heavy atom. The third-order valence-electron chi connectivity index (χ3n) is 3.91. The van der Waals surface area contributed by atoms with Crippen molar-refractivity contribution in [3.05, 3.63) is 29.8 Å². The first-order valence-electron chi connectivity index (χ1n) is 7.68. The lowest BCUT2D eigenvalue weighted by atomic mass is 10.1. The molecule has 0 saturated heterocycles. The van der Waals surface area contributed by atoms with E-state index in [0.29, 0.717) is 12.6 Å². The van der Waals surface area contributed by atoms with E-state index in [0.717, 1.165) is 25.0 Å². The average Bonchev–Trinajstić information content (AvgIpc) is 2.75. The molecule has 132 valence electrons. The molecular weight excluding hydrogens is 346 g/mol. The van der Waals surface area contributed by atoms with Gasteiger partial charge in [0, 0.05) is 19.1 Å². The van der Waals surface area contributed by atoms with Crippen LogP contribution in [0.2, 0.25) is 0 Å². The molecule has 8 heteroatoms. The highest BCUT2D eigenvalue weighted by Gasteiger charge is 2.21. The lowest BCUT2D eigenvalue weighted by Crippen LogP contribution is -2.37. The molecule has 0 bridgehead atoms. The van der Waals surface area contributed by atoms with Crippen LogP contribution in [0.3, 0.4) is 0 Å². The van der Waals surface area contributed by atoms with Gasteiger partial charge in [-0.25, -0.2) is 21.9 Å². The average molecular weight is 369 g/mol. The van der Waals surface area contributed by atoms with Crippen LogP contribution in [0.5, 0.6) is 0 Å². The first-order chi connectivity index (χ1) is 10.5. The van der Waals surface area contributed by atoms with Crippen LogP contribution in [0.15, 0.2) is 23.1 Å². The summed E-state index contributed by atoms with van der Waals surface area (Å²) >= 11 is 0. The van der Waals surface area contributed by atoms with E-state index in [-0.39, 0.29) is 19.0 Å². The van der Waals surface area contributed by atoms with Crippen LogP contribution in [0.25, 0.3) is 0 Å². The van der Waals surface area contributed by atoms with Crippen molar-refractivity contribution in [2.75, 3.05) is 13.1 Å². The zero-order valence-electron chi connectivity index (χ0n) is 12.9. The van der Waals surface area contributed by atoms with Crippen LogP contribution in [0.4, 0.5) is 8.78 Å². The fourth-order valence-corrected chi connectivity index (χ4v) is 3.83. The maximum absolute atomic E-state index is 13.5. The van der Waals surface area contributed by atoms with E-state index in [4.69, 9.17) is 0 Å². The smallest absolute Gasteiger partial charge is 0.243 e. The van der Waals surface area contributed by atoms with E-state index in [9.17, 15) is 17.2 Å². The molecule has 0 aromatic heterocycles. The predicted molar refractivity (Wildman–Crippen MR) is 88.3 cm³/mol. The summed E-state index contributed by atoms with van der Waals surface area (Å²) in [5, 5.41) is 3.32. The maximum atomic E-state index is 13.5. The molecule has 23 heavy (non-hydrogen) atoms. The molecule has 0 radical (unpaired) electrons. The number of hydrogen-bond acceptors (Lipinski definition) is 3. The summed E-state index contributed by atoms with van der Waals surface area (Å²) in [6.07, 6.45) is 7.10. The summed E-state index contributed by atoms with van der Waals surface area (Å²) in [6.45, 7) is 0.621. The topological polar surface area (TPSA) is 58.2 Å². The summed E-state index contributed by atoms with van der Waals surface area (Å²) < 4.78 is 52.9. The zero-order chi connectivity index (χ0) is 16.0. The van der Waals surface area contributed by atoms with Crippen molar-refractivity contribution in [1.82, 2.24) is 10.0 Å². The minimum Gasteiger partial charge on any atom is -0.313 e. The van der Waals surface area contributed by atoms with E-state index in [1.165, 1.54) is 31.7 Å². The summed E-state index contributed by atoms with van der Waals surface area (Å²) in [6, 6.07) is 3.54. The number of sulfonamides is 1. The van der Waals surface area contributed by atoms with Gasteiger partial charge in [0.2, 0.25) is 10.0 Å². The van der Waals surface area contributed by atoms with Crippen molar-refractivity contribution < 1.29 is 17.2 Å². The first kappa shape index (κ1) is 20.3. The van der Waals surface area contributed by atoms with E-state index in [2.05, 4.69) is 10.0 Å². The van der Waals surface area contributed by atoms with Crippen LogP contribution in [0.1, 0.15) is 38.5 Å². The second kappa shape index (κ2) is 9.52. The molecule has 0 heterocycles. The summed E-state index contributed by atoms with van der Waals surface area (Å²) in [7, 11) is -4.03. The van der Waals surface area contributed by atoms with Crippen LogP contribution in [-0.4, -0.2) is 27.5 Å². The standard InChI is InChI=1S/C15H22F2N2O2S.ClH/c16-13-8-5-9-14(15(13)17)22(20,21)19-11-10-18-12-6-3-1-2-4-7-12;/h5,8-9,12,18-19H,1-4,6-7,10-11H2;1H. The highest BCUT2D eigenvalue weighted by atomic mass is 35.5. The second-order valence-corrected chi connectivity index (χ2v) is 7.33. The molecule has 1 aromatic carbocycles. The molecule has 4 nitrogen and oxygen atoms in total. The third kappa shape index (κ3) is 5.99. The van der Waals surface area contributed by atoms with Gasteiger partial charge in [0.1, 0.15) is 4.90 Å². The van der Waals surface area contributed by atoms with E-state index in [1.807, 2.05) is 0 Å². The Morgan fingerprint density at radius 3 is 2.35 bits per heavy atom. The highest BCUT2D eigenvalue weighted by molar-refractivity contribution is 7.89. The predicted octanol–water partition coefficient (Wildman–Crippen LogP) is 2.98.